The molecule has 0 spiro atoms. The Balaban J connectivity index is 1.91. The third-order valence-corrected chi connectivity index (χ3v) is 3.49. The van der Waals surface area contributed by atoms with Crippen LogP contribution in [0.5, 0.6) is 5.75 Å². The first-order valence-electron chi connectivity index (χ1n) is 6.87. The van der Waals surface area contributed by atoms with E-state index in [0.29, 0.717) is 17.0 Å². The largest absolute Gasteiger partial charge is 0.478 e. The second-order valence-electron chi connectivity index (χ2n) is 5.32. The van der Waals surface area contributed by atoms with Gasteiger partial charge in [-0.25, -0.2) is 4.79 Å². The molecular formula is C15H14F2N2O3. The van der Waals surface area contributed by atoms with Crippen molar-refractivity contribution >= 4 is 5.97 Å². The molecule has 1 aliphatic rings. The summed E-state index contributed by atoms with van der Waals surface area (Å²) in [5.41, 5.74) is 1.04. The van der Waals surface area contributed by atoms with Gasteiger partial charge in [0.2, 0.25) is 0 Å². The molecule has 0 amide bonds. The Labute approximate surface area is 125 Å². The number of hydrogen-bond acceptors (Lipinski definition) is 3. The summed E-state index contributed by atoms with van der Waals surface area (Å²) in [5, 5.41) is 13.3. The normalized spacial score (nSPS) is 14.3. The van der Waals surface area contributed by atoms with E-state index < -0.39 is 12.6 Å². The van der Waals surface area contributed by atoms with Crippen molar-refractivity contribution in [3.05, 3.63) is 36.2 Å². The Bertz CT molecular complexity index is 696. The van der Waals surface area contributed by atoms with E-state index in [-0.39, 0.29) is 11.3 Å². The maximum atomic E-state index is 12.4. The van der Waals surface area contributed by atoms with Crippen LogP contribution < -0.4 is 4.74 Å². The van der Waals surface area contributed by atoms with Crippen molar-refractivity contribution in [3.8, 4) is 16.9 Å². The highest BCUT2D eigenvalue weighted by Gasteiger charge is 2.22. The Morgan fingerprint density at radius 3 is 2.77 bits per heavy atom. The molecule has 2 aromatic rings. The van der Waals surface area contributed by atoms with E-state index in [2.05, 4.69) is 9.84 Å². The van der Waals surface area contributed by atoms with Gasteiger partial charge in [-0.15, -0.1) is 0 Å². The lowest BCUT2D eigenvalue weighted by Crippen LogP contribution is -2.04. The SMILES string of the molecule is O=C(O)c1cc(OC(F)F)cc(-c2cnn(CC3CC3)c2)c1. The summed E-state index contributed by atoms with van der Waals surface area (Å²) in [5.74, 6) is -0.734. The Kier molecular flexibility index (Phi) is 3.79. The first kappa shape index (κ1) is 14.5. The van der Waals surface area contributed by atoms with Crippen LogP contribution in [0.3, 0.4) is 0 Å². The predicted octanol–water partition coefficient (Wildman–Crippen LogP) is 3.26. The van der Waals surface area contributed by atoms with Crippen LogP contribution in [0.4, 0.5) is 8.78 Å². The molecule has 22 heavy (non-hydrogen) atoms. The van der Waals surface area contributed by atoms with Crippen LogP contribution in [0.2, 0.25) is 0 Å². The van der Waals surface area contributed by atoms with Crippen molar-refractivity contribution in [3.63, 3.8) is 0 Å². The fraction of sp³-hybridized carbons (Fsp3) is 0.333. The second kappa shape index (κ2) is 5.75. The molecule has 0 bridgehead atoms. The molecule has 1 saturated carbocycles. The number of nitrogens with zero attached hydrogens (tertiary/aromatic N) is 2. The summed E-state index contributed by atoms with van der Waals surface area (Å²) in [6.07, 6.45) is 5.76. The summed E-state index contributed by atoms with van der Waals surface area (Å²) >= 11 is 0. The van der Waals surface area contributed by atoms with E-state index in [9.17, 15) is 13.6 Å². The second-order valence-corrected chi connectivity index (χ2v) is 5.32. The lowest BCUT2D eigenvalue weighted by Gasteiger charge is -2.08. The van der Waals surface area contributed by atoms with Gasteiger partial charge in [0.15, 0.2) is 0 Å². The lowest BCUT2D eigenvalue weighted by molar-refractivity contribution is -0.0498. The van der Waals surface area contributed by atoms with E-state index in [1.165, 1.54) is 25.0 Å². The summed E-state index contributed by atoms with van der Waals surface area (Å²) in [7, 11) is 0. The third kappa shape index (κ3) is 3.41. The van der Waals surface area contributed by atoms with Crippen LogP contribution in [-0.4, -0.2) is 27.5 Å². The van der Waals surface area contributed by atoms with E-state index in [0.717, 1.165) is 12.6 Å². The monoisotopic (exact) mass is 308 g/mol. The van der Waals surface area contributed by atoms with Crippen molar-refractivity contribution < 1.29 is 23.4 Å². The summed E-state index contributed by atoms with van der Waals surface area (Å²) < 4.78 is 30.8. The van der Waals surface area contributed by atoms with E-state index in [1.807, 2.05) is 0 Å². The number of aromatic nitrogens is 2. The zero-order valence-corrected chi connectivity index (χ0v) is 11.6. The van der Waals surface area contributed by atoms with Gasteiger partial charge in [-0.3, -0.25) is 4.68 Å². The molecule has 116 valence electrons. The smallest absolute Gasteiger partial charge is 0.387 e. The van der Waals surface area contributed by atoms with Crippen LogP contribution in [0.25, 0.3) is 11.1 Å². The van der Waals surface area contributed by atoms with Crippen molar-refractivity contribution in [2.75, 3.05) is 0 Å². The van der Waals surface area contributed by atoms with Gasteiger partial charge in [0.25, 0.3) is 0 Å². The number of carboxylic acid groups (broad SMARTS) is 1. The minimum absolute atomic E-state index is 0.108. The van der Waals surface area contributed by atoms with Gasteiger partial charge in [-0.1, -0.05) is 0 Å². The number of aromatic carboxylic acids is 1. The zero-order valence-electron chi connectivity index (χ0n) is 11.6. The standard InChI is InChI=1S/C15H14F2N2O3/c16-15(17)22-13-4-10(3-11(5-13)14(20)21)12-6-18-19(8-12)7-9-1-2-9/h3-6,8-9,15H,1-2,7H2,(H,20,21). The number of benzene rings is 1. The third-order valence-electron chi connectivity index (χ3n) is 3.49. The molecule has 1 heterocycles. The Morgan fingerprint density at radius 2 is 2.14 bits per heavy atom. The maximum absolute atomic E-state index is 12.4. The number of halogens is 2. The summed E-state index contributed by atoms with van der Waals surface area (Å²) in [6.45, 7) is -2.19. The number of rotatable bonds is 6. The van der Waals surface area contributed by atoms with Crippen LogP contribution in [0.1, 0.15) is 23.2 Å². The molecule has 1 fully saturated rings. The highest BCUT2D eigenvalue weighted by atomic mass is 19.3. The number of alkyl halides is 2. The van der Waals surface area contributed by atoms with Gasteiger partial charge in [-0.2, -0.15) is 13.9 Å². The molecule has 1 aliphatic carbocycles. The van der Waals surface area contributed by atoms with Crippen LogP contribution in [0.15, 0.2) is 30.6 Å². The molecule has 5 nitrogen and oxygen atoms in total. The summed E-state index contributed by atoms with van der Waals surface area (Å²) in [4.78, 5) is 11.1. The average Bonchev–Trinajstić information content (AvgIpc) is 3.13. The van der Waals surface area contributed by atoms with E-state index in [4.69, 9.17) is 5.11 Å². The fourth-order valence-electron chi connectivity index (χ4n) is 2.24. The average molecular weight is 308 g/mol. The molecule has 1 aromatic heterocycles. The molecule has 0 saturated heterocycles. The maximum Gasteiger partial charge on any atom is 0.387 e. The van der Waals surface area contributed by atoms with Crippen molar-refractivity contribution in [1.82, 2.24) is 9.78 Å². The van der Waals surface area contributed by atoms with Crippen LogP contribution in [-0.2, 0) is 6.54 Å². The van der Waals surface area contributed by atoms with Crippen LogP contribution >= 0.6 is 0 Å². The number of ether oxygens (including phenoxy) is 1. The molecule has 0 aliphatic heterocycles. The minimum Gasteiger partial charge on any atom is -0.478 e. The Morgan fingerprint density at radius 1 is 1.36 bits per heavy atom. The molecule has 0 unspecified atom stereocenters. The van der Waals surface area contributed by atoms with E-state index >= 15 is 0 Å². The number of hydrogen-bond donors (Lipinski definition) is 1. The number of carbonyl (C=O) groups is 1. The lowest BCUT2D eigenvalue weighted by atomic mass is 10.1. The quantitative estimate of drug-likeness (QED) is 0.889. The van der Waals surface area contributed by atoms with Gasteiger partial charge >= 0.3 is 12.6 Å². The van der Waals surface area contributed by atoms with Crippen molar-refractivity contribution in [2.45, 2.75) is 26.0 Å². The van der Waals surface area contributed by atoms with Crippen molar-refractivity contribution in [2.24, 2.45) is 5.92 Å². The van der Waals surface area contributed by atoms with Gasteiger partial charge in [-0.05, 0) is 42.5 Å². The molecule has 1 aromatic carbocycles. The highest BCUT2D eigenvalue weighted by molar-refractivity contribution is 5.90. The first-order chi connectivity index (χ1) is 10.5. The molecule has 7 heteroatoms. The highest BCUT2D eigenvalue weighted by Crippen LogP contribution is 2.31. The predicted molar refractivity (Wildman–Crippen MR) is 74.0 cm³/mol. The first-order valence-corrected chi connectivity index (χ1v) is 6.87. The molecular weight excluding hydrogens is 294 g/mol. The Hall–Kier alpha value is -2.44. The minimum atomic E-state index is -3.01. The molecule has 0 atom stereocenters. The topological polar surface area (TPSA) is 64.3 Å². The van der Waals surface area contributed by atoms with Gasteiger partial charge < -0.3 is 9.84 Å². The molecule has 0 radical (unpaired) electrons. The zero-order chi connectivity index (χ0) is 15.7. The van der Waals surface area contributed by atoms with E-state index in [1.54, 1.807) is 17.1 Å². The molecule has 3 rings (SSSR count). The van der Waals surface area contributed by atoms with Crippen LogP contribution in [0, 0.1) is 5.92 Å². The van der Waals surface area contributed by atoms with Gasteiger partial charge in [0, 0.05) is 18.3 Å². The van der Waals surface area contributed by atoms with Gasteiger partial charge in [0.1, 0.15) is 5.75 Å². The summed E-state index contributed by atoms with van der Waals surface area (Å²) in [6, 6.07) is 3.88. The van der Waals surface area contributed by atoms with Gasteiger partial charge in [0.05, 0.1) is 11.8 Å². The number of carboxylic acids is 1. The fourth-order valence-corrected chi connectivity index (χ4v) is 2.24. The van der Waals surface area contributed by atoms with Crippen molar-refractivity contribution in [1.29, 1.82) is 0 Å². The molecule has 1 N–H and O–H groups in total.